The maximum atomic E-state index is 12.0. The number of hydrogen-bond acceptors (Lipinski definition) is 4. The summed E-state index contributed by atoms with van der Waals surface area (Å²) < 4.78 is 1.56. The van der Waals surface area contributed by atoms with E-state index in [1.54, 1.807) is 36.5 Å². The van der Waals surface area contributed by atoms with Crippen LogP contribution in [0.2, 0.25) is 0 Å². The molecule has 6 heteroatoms. The molecule has 0 aromatic carbocycles. The third-order valence-electron chi connectivity index (χ3n) is 3.12. The Morgan fingerprint density at radius 3 is 2.90 bits per heavy atom. The minimum atomic E-state index is -0.105. The summed E-state index contributed by atoms with van der Waals surface area (Å²) in [5.74, 6) is 0.497. The molecule has 0 aliphatic rings. The van der Waals surface area contributed by atoms with E-state index in [2.05, 4.69) is 15.1 Å². The van der Waals surface area contributed by atoms with Crippen molar-refractivity contribution in [3.8, 4) is 22.4 Å². The number of aryl methyl sites for hydroxylation is 1. The molecule has 0 aliphatic carbocycles. The SMILES string of the molecule is Cn1nc(-c2c[nH]ccc2=O)c(-c2cccnc2)c1N. The Morgan fingerprint density at radius 1 is 1.35 bits per heavy atom. The van der Waals surface area contributed by atoms with Crippen LogP contribution in [0.3, 0.4) is 0 Å². The van der Waals surface area contributed by atoms with Gasteiger partial charge in [0.1, 0.15) is 11.5 Å². The van der Waals surface area contributed by atoms with Crippen molar-refractivity contribution in [2.75, 3.05) is 5.73 Å². The Hall–Kier alpha value is -2.89. The minimum Gasteiger partial charge on any atom is -0.383 e. The van der Waals surface area contributed by atoms with Gasteiger partial charge in [-0.15, -0.1) is 0 Å². The second kappa shape index (κ2) is 4.65. The van der Waals surface area contributed by atoms with Crippen molar-refractivity contribution in [3.63, 3.8) is 0 Å². The number of pyridine rings is 2. The van der Waals surface area contributed by atoms with Crippen LogP contribution in [0.4, 0.5) is 5.82 Å². The first-order chi connectivity index (χ1) is 9.68. The number of aromatic amines is 1. The molecule has 6 nitrogen and oxygen atoms in total. The van der Waals surface area contributed by atoms with E-state index in [0.717, 1.165) is 11.1 Å². The summed E-state index contributed by atoms with van der Waals surface area (Å²) in [4.78, 5) is 19.0. The molecule has 0 atom stereocenters. The lowest BCUT2D eigenvalue weighted by molar-refractivity contribution is 0.782. The number of nitrogens with zero attached hydrogens (tertiary/aromatic N) is 3. The van der Waals surface area contributed by atoms with E-state index in [-0.39, 0.29) is 5.43 Å². The van der Waals surface area contributed by atoms with E-state index >= 15 is 0 Å². The molecule has 3 N–H and O–H groups in total. The average molecular weight is 267 g/mol. The number of hydrogen-bond donors (Lipinski definition) is 2. The van der Waals surface area contributed by atoms with Gasteiger partial charge in [0.15, 0.2) is 5.43 Å². The minimum absolute atomic E-state index is 0.105. The van der Waals surface area contributed by atoms with Gasteiger partial charge in [-0.1, -0.05) is 6.07 Å². The van der Waals surface area contributed by atoms with Crippen LogP contribution in [0.15, 0.2) is 47.8 Å². The van der Waals surface area contributed by atoms with Crippen LogP contribution in [0.25, 0.3) is 22.4 Å². The van der Waals surface area contributed by atoms with Crippen LogP contribution in [0.1, 0.15) is 0 Å². The van der Waals surface area contributed by atoms with Crippen LogP contribution in [0.5, 0.6) is 0 Å². The van der Waals surface area contributed by atoms with Crippen LogP contribution in [0, 0.1) is 0 Å². The van der Waals surface area contributed by atoms with Gasteiger partial charge in [0.05, 0.1) is 11.1 Å². The van der Waals surface area contributed by atoms with Crippen LogP contribution >= 0.6 is 0 Å². The van der Waals surface area contributed by atoms with Crippen LogP contribution in [-0.2, 0) is 7.05 Å². The van der Waals surface area contributed by atoms with Gasteiger partial charge in [-0.05, 0) is 6.07 Å². The number of anilines is 1. The van der Waals surface area contributed by atoms with Crippen molar-refractivity contribution >= 4 is 5.82 Å². The van der Waals surface area contributed by atoms with E-state index < -0.39 is 0 Å². The summed E-state index contributed by atoms with van der Waals surface area (Å²) in [5.41, 5.74) is 8.57. The quantitative estimate of drug-likeness (QED) is 0.734. The topological polar surface area (TPSA) is 89.6 Å². The first-order valence-electron chi connectivity index (χ1n) is 6.09. The summed E-state index contributed by atoms with van der Waals surface area (Å²) in [6.45, 7) is 0. The van der Waals surface area contributed by atoms with E-state index in [9.17, 15) is 4.79 Å². The Bertz CT molecular complexity index is 804. The number of nitrogens with one attached hydrogen (secondary N) is 1. The summed E-state index contributed by atoms with van der Waals surface area (Å²) in [6.07, 6.45) is 6.60. The Labute approximate surface area is 114 Å². The Morgan fingerprint density at radius 2 is 2.20 bits per heavy atom. The highest BCUT2D eigenvalue weighted by molar-refractivity contribution is 5.87. The zero-order valence-corrected chi connectivity index (χ0v) is 10.9. The smallest absolute Gasteiger partial charge is 0.191 e. The Balaban J connectivity index is 2.31. The average Bonchev–Trinajstić information content (AvgIpc) is 2.76. The van der Waals surface area contributed by atoms with Crippen molar-refractivity contribution in [1.29, 1.82) is 0 Å². The fourth-order valence-electron chi connectivity index (χ4n) is 2.12. The fraction of sp³-hybridized carbons (Fsp3) is 0.0714. The monoisotopic (exact) mass is 267 g/mol. The van der Waals surface area contributed by atoms with Crippen LogP contribution in [-0.4, -0.2) is 19.7 Å². The molecule has 0 bridgehead atoms. The predicted octanol–water partition coefficient (Wildman–Crippen LogP) is 1.42. The fourth-order valence-corrected chi connectivity index (χ4v) is 2.12. The molecule has 20 heavy (non-hydrogen) atoms. The molecule has 0 aliphatic heterocycles. The highest BCUT2D eigenvalue weighted by atomic mass is 16.1. The highest BCUT2D eigenvalue weighted by Gasteiger charge is 2.19. The molecule has 0 amide bonds. The maximum Gasteiger partial charge on any atom is 0.191 e. The van der Waals surface area contributed by atoms with Crippen molar-refractivity contribution in [1.82, 2.24) is 19.7 Å². The molecule has 0 spiro atoms. The lowest BCUT2D eigenvalue weighted by atomic mass is 10.0. The number of rotatable bonds is 2. The normalized spacial score (nSPS) is 10.7. The van der Waals surface area contributed by atoms with Gasteiger partial charge in [0.2, 0.25) is 0 Å². The van der Waals surface area contributed by atoms with Gasteiger partial charge >= 0.3 is 0 Å². The summed E-state index contributed by atoms with van der Waals surface area (Å²) in [6, 6.07) is 5.18. The Kier molecular flexibility index (Phi) is 2.83. The zero-order valence-electron chi connectivity index (χ0n) is 10.9. The van der Waals surface area contributed by atoms with Crippen LogP contribution < -0.4 is 11.2 Å². The molecule has 0 unspecified atom stereocenters. The number of aromatic nitrogens is 4. The molecule has 3 aromatic heterocycles. The van der Waals surface area contributed by atoms with E-state index in [4.69, 9.17) is 5.73 Å². The van der Waals surface area contributed by atoms with Crippen molar-refractivity contribution in [3.05, 3.63) is 53.2 Å². The van der Waals surface area contributed by atoms with Crippen molar-refractivity contribution in [2.24, 2.45) is 7.05 Å². The second-order valence-electron chi connectivity index (χ2n) is 4.40. The molecule has 0 saturated carbocycles. The largest absolute Gasteiger partial charge is 0.383 e. The van der Waals surface area contributed by atoms with Gasteiger partial charge in [-0.3, -0.25) is 14.5 Å². The molecule has 0 saturated heterocycles. The molecule has 0 fully saturated rings. The van der Waals surface area contributed by atoms with E-state index in [1.807, 2.05) is 12.1 Å². The summed E-state index contributed by atoms with van der Waals surface area (Å²) in [7, 11) is 1.75. The first kappa shape index (κ1) is 12.2. The summed E-state index contributed by atoms with van der Waals surface area (Å²) in [5, 5.41) is 4.36. The molecule has 3 aromatic rings. The molecular formula is C14H13N5O. The van der Waals surface area contributed by atoms with Crippen molar-refractivity contribution in [2.45, 2.75) is 0 Å². The summed E-state index contributed by atoms with van der Waals surface area (Å²) >= 11 is 0. The van der Waals surface area contributed by atoms with Gasteiger partial charge in [-0.2, -0.15) is 5.10 Å². The highest BCUT2D eigenvalue weighted by Crippen LogP contribution is 2.33. The molecule has 3 heterocycles. The van der Waals surface area contributed by atoms with Gasteiger partial charge in [0.25, 0.3) is 0 Å². The second-order valence-corrected chi connectivity index (χ2v) is 4.40. The first-order valence-corrected chi connectivity index (χ1v) is 6.09. The number of nitrogens with two attached hydrogens (primary N) is 1. The lowest BCUT2D eigenvalue weighted by Crippen LogP contribution is -2.04. The molecular weight excluding hydrogens is 254 g/mol. The predicted molar refractivity (Wildman–Crippen MR) is 76.9 cm³/mol. The third-order valence-corrected chi connectivity index (χ3v) is 3.12. The van der Waals surface area contributed by atoms with Gasteiger partial charge in [-0.25, -0.2) is 0 Å². The van der Waals surface area contributed by atoms with Gasteiger partial charge < -0.3 is 10.7 Å². The molecule has 3 rings (SSSR count). The number of H-pyrrole nitrogens is 1. The van der Waals surface area contributed by atoms with E-state index in [1.165, 1.54) is 6.07 Å². The van der Waals surface area contributed by atoms with Gasteiger partial charge in [0, 0.05) is 43.5 Å². The van der Waals surface area contributed by atoms with Crippen molar-refractivity contribution < 1.29 is 0 Å². The third kappa shape index (κ3) is 1.87. The lowest BCUT2D eigenvalue weighted by Gasteiger charge is -2.03. The standard InChI is InChI=1S/C14H13N5O/c1-19-14(15)12(9-3-2-5-16-7-9)13(18-19)10-8-17-6-4-11(10)20/h2-8H,15H2,1H3,(H,17,20). The number of nitrogen functional groups attached to an aromatic ring is 1. The van der Waals surface area contributed by atoms with E-state index in [0.29, 0.717) is 17.1 Å². The maximum absolute atomic E-state index is 12.0. The molecule has 0 radical (unpaired) electrons. The zero-order chi connectivity index (χ0) is 14.1. The molecule has 100 valence electrons.